The number of ether oxygens (including phenoxy) is 1. The average Bonchev–Trinajstić information content (AvgIpc) is 2.49. The number of hydrogen-bond donors (Lipinski definition) is 1. The highest BCUT2D eigenvalue weighted by molar-refractivity contribution is 5.85. The first kappa shape index (κ1) is 18.7. The van der Waals surface area contributed by atoms with Crippen molar-refractivity contribution < 1.29 is 14.6 Å². The maximum absolute atomic E-state index is 10.6. The van der Waals surface area contributed by atoms with E-state index in [1.807, 2.05) is 19.1 Å². The molecule has 1 aliphatic heterocycles. The number of carboxylic acids is 1. The molecule has 1 aromatic rings. The second-order valence-corrected chi connectivity index (χ2v) is 5.34. The maximum atomic E-state index is 10.6. The zero-order valence-electron chi connectivity index (χ0n) is 13.0. The van der Waals surface area contributed by atoms with Gasteiger partial charge >= 0.3 is 5.97 Å². The van der Waals surface area contributed by atoms with Crippen molar-refractivity contribution in [3.05, 3.63) is 29.8 Å². The Morgan fingerprint density at radius 2 is 1.73 bits per heavy atom. The van der Waals surface area contributed by atoms with Crippen molar-refractivity contribution in [3.8, 4) is 5.75 Å². The number of benzene rings is 1. The smallest absolute Gasteiger partial charge is 0.304 e. The van der Waals surface area contributed by atoms with E-state index < -0.39 is 5.97 Å². The van der Waals surface area contributed by atoms with Crippen LogP contribution in [-0.4, -0.2) is 60.2 Å². The van der Waals surface area contributed by atoms with Crippen LogP contribution >= 0.6 is 12.4 Å². The SMILES string of the molecule is CCOc1ccc(CN2CCN(CCC(=O)O)CC2)cc1.Cl. The van der Waals surface area contributed by atoms with Gasteiger partial charge in [0.2, 0.25) is 0 Å². The average molecular weight is 329 g/mol. The van der Waals surface area contributed by atoms with Crippen LogP contribution in [-0.2, 0) is 11.3 Å². The van der Waals surface area contributed by atoms with Crippen molar-refractivity contribution in [1.29, 1.82) is 0 Å². The van der Waals surface area contributed by atoms with Crippen LogP contribution in [0.2, 0.25) is 0 Å². The largest absolute Gasteiger partial charge is 0.494 e. The highest BCUT2D eigenvalue weighted by Gasteiger charge is 2.17. The lowest BCUT2D eigenvalue weighted by Crippen LogP contribution is -2.46. The van der Waals surface area contributed by atoms with Crippen LogP contribution in [0.15, 0.2) is 24.3 Å². The van der Waals surface area contributed by atoms with E-state index in [9.17, 15) is 4.79 Å². The quantitative estimate of drug-likeness (QED) is 0.830. The van der Waals surface area contributed by atoms with E-state index in [1.165, 1.54) is 5.56 Å². The molecule has 5 nitrogen and oxygen atoms in total. The molecule has 22 heavy (non-hydrogen) atoms. The highest BCUT2D eigenvalue weighted by Crippen LogP contribution is 2.14. The minimum absolute atomic E-state index is 0. The van der Waals surface area contributed by atoms with Gasteiger partial charge in [-0.3, -0.25) is 9.69 Å². The molecule has 0 spiro atoms. The molecule has 1 fully saturated rings. The van der Waals surface area contributed by atoms with Gasteiger partial charge in [0.1, 0.15) is 5.75 Å². The van der Waals surface area contributed by atoms with Crippen LogP contribution in [0.3, 0.4) is 0 Å². The molecule has 1 aromatic carbocycles. The summed E-state index contributed by atoms with van der Waals surface area (Å²) in [5.41, 5.74) is 1.29. The fraction of sp³-hybridized carbons (Fsp3) is 0.562. The van der Waals surface area contributed by atoms with Crippen LogP contribution in [0.5, 0.6) is 5.75 Å². The first-order valence-corrected chi connectivity index (χ1v) is 7.55. The Morgan fingerprint density at radius 3 is 2.27 bits per heavy atom. The second kappa shape index (κ2) is 9.66. The molecule has 0 bridgehead atoms. The molecule has 0 amide bonds. The minimum atomic E-state index is -0.716. The predicted molar refractivity (Wildman–Crippen MR) is 88.8 cm³/mol. The van der Waals surface area contributed by atoms with Crippen LogP contribution in [0.1, 0.15) is 18.9 Å². The Balaban J connectivity index is 0.00000242. The van der Waals surface area contributed by atoms with Crippen LogP contribution in [0.25, 0.3) is 0 Å². The molecule has 1 aliphatic rings. The number of halogens is 1. The normalized spacial score (nSPS) is 16.0. The van der Waals surface area contributed by atoms with Gasteiger partial charge < -0.3 is 14.7 Å². The molecular formula is C16H25ClN2O3. The van der Waals surface area contributed by atoms with E-state index in [2.05, 4.69) is 21.9 Å². The molecule has 0 atom stereocenters. The van der Waals surface area contributed by atoms with Gasteiger partial charge in [0.05, 0.1) is 13.0 Å². The summed E-state index contributed by atoms with van der Waals surface area (Å²) in [6.07, 6.45) is 0.235. The van der Waals surface area contributed by atoms with Crippen molar-refractivity contribution in [2.45, 2.75) is 19.9 Å². The molecule has 0 unspecified atom stereocenters. The summed E-state index contributed by atoms with van der Waals surface area (Å²) in [4.78, 5) is 15.2. The summed E-state index contributed by atoms with van der Waals surface area (Å²) >= 11 is 0. The number of rotatable bonds is 7. The third-order valence-electron chi connectivity index (χ3n) is 3.75. The number of carboxylic acid groups (broad SMARTS) is 1. The number of piperazine rings is 1. The van der Waals surface area contributed by atoms with Crippen molar-refractivity contribution >= 4 is 18.4 Å². The summed E-state index contributed by atoms with van der Waals surface area (Å²) in [6, 6.07) is 8.26. The van der Waals surface area contributed by atoms with Gasteiger partial charge in [0.15, 0.2) is 0 Å². The summed E-state index contributed by atoms with van der Waals surface area (Å²) in [6.45, 7) is 8.16. The fourth-order valence-electron chi connectivity index (χ4n) is 2.54. The van der Waals surface area contributed by atoms with Crippen molar-refractivity contribution in [1.82, 2.24) is 9.80 Å². The third kappa shape index (κ3) is 6.22. The summed E-state index contributed by atoms with van der Waals surface area (Å²) < 4.78 is 5.44. The number of nitrogens with zero attached hydrogens (tertiary/aromatic N) is 2. The molecular weight excluding hydrogens is 304 g/mol. The standard InChI is InChI=1S/C16H24N2O3.ClH/c1-2-21-15-5-3-14(4-6-15)13-18-11-9-17(10-12-18)8-7-16(19)20;/h3-6H,2,7-13H2,1H3,(H,19,20);1H. The number of carbonyl (C=O) groups is 1. The van der Waals surface area contributed by atoms with Gasteiger partial charge in [0, 0.05) is 39.3 Å². The van der Waals surface area contributed by atoms with Gasteiger partial charge in [-0.2, -0.15) is 0 Å². The van der Waals surface area contributed by atoms with Gasteiger partial charge in [-0.15, -0.1) is 12.4 Å². The Bertz CT molecular complexity index is 445. The summed E-state index contributed by atoms with van der Waals surface area (Å²) in [7, 11) is 0. The molecule has 2 rings (SSSR count). The predicted octanol–water partition coefficient (Wildman–Crippen LogP) is 2.10. The van der Waals surface area contributed by atoms with E-state index in [1.54, 1.807) is 0 Å². The van der Waals surface area contributed by atoms with E-state index >= 15 is 0 Å². The van der Waals surface area contributed by atoms with Gasteiger partial charge in [-0.25, -0.2) is 0 Å². The Hall–Kier alpha value is -1.30. The van der Waals surface area contributed by atoms with E-state index in [0.717, 1.165) is 38.5 Å². The Labute approximate surface area is 138 Å². The topological polar surface area (TPSA) is 53.0 Å². The maximum Gasteiger partial charge on any atom is 0.304 e. The highest BCUT2D eigenvalue weighted by atomic mass is 35.5. The molecule has 6 heteroatoms. The summed E-state index contributed by atoms with van der Waals surface area (Å²) in [5, 5.41) is 8.70. The molecule has 1 heterocycles. The number of aliphatic carboxylic acids is 1. The zero-order chi connectivity index (χ0) is 15.1. The molecule has 0 aromatic heterocycles. The molecule has 1 saturated heterocycles. The molecule has 0 radical (unpaired) electrons. The van der Waals surface area contributed by atoms with Crippen molar-refractivity contribution in [2.75, 3.05) is 39.3 Å². The van der Waals surface area contributed by atoms with Gasteiger partial charge in [-0.1, -0.05) is 12.1 Å². The van der Waals surface area contributed by atoms with Gasteiger partial charge in [0.25, 0.3) is 0 Å². The fourth-order valence-corrected chi connectivity index (χ4v) is 2.54. The Morgan fingerprint density at radius 1 is 1.14 bits per heavy atom. The monoisotopic (exact) mass is 328 g/mol. The third-order valence-corrected chi connectivity index (χ3v) is 3.75. The lowest BCUT2D eigenvalue weighted by atomic mass is 10.2. The first-order valence-electron chi connectivity index (χ1n) is 7.55. The molecule has 1 N–H and O–H groups in total. The van der Waals surface area contributed by atoms with E-state index in [0.29, 0.717) is 13.2 Å². The van der Waals surface area contributed by atoms with Crippen LogP contribution < -0.4 is 4.74 Å². The lowest BCUT2D eigenvalue weighted by molar-refractivity contribution is -0.137. The molecule has 124 valence electrons. The second-order valence-electron chi connectivity index (χ2n) is 5.34. The van der Waals surface area contributed by atoms with E-state index in [4.69, 9.17) is 9.84 Å². The Kier molecular flexibility index (Phi) is 8.24. The van der Waals surface area contributed by atoms with Crippen molar-refractivity contribution in [2.24, 2.45) is 0 Å². The lowest BCUT2D eigenvalue weighted by Gasteiger charge is -2.34. The molecule has 0 saturated carbocycles. The first-order chi connectivity index (χ1) is 10.2. The van der Waals surface area contributed by atoms with Crippen molar-refractivity contribution in [3.63, 3.8) is 0 Å². The van der Waals surface area contributed by atoms with E-state index in [-0.39, 0.29) is 18.8 Å². The zero-order valence-corrected chi connectivity index (χ0v) is 13.8. The minimum Gasteiger partial charge on any atom is -0.494 e. The van der Waals surface area contributed by atoms with Crippen LogP contribution in [0, 0.1) is 0 Å². The molecule has 0 aliphatic carbocycles. The summed E-state index contributed by atoms with van der Waals surface area (Å²) in [5.74, 6) is 0.201. The number of hydrogen-bond acceptors (Lipinski definition) is 4. The van der Waals surface area contributed by atoms with Gasteiger partial charge in [-0.05, 0) is 24.6 Å². The van der Waals surface area contributed by atoms with Crippen LogP contribution in [0.4, 0.5) is 0 Å².